The van der Waals surface area contributed by atoms with Crippen LogP contribution in [-0.2, 0) is 4.79 Å². The molecule has 1 amide bonds. The van der Waals surface area contributed by atoms with Gasteiger partial charge in [0, 0.05) is 32.3 Å². The maximum absolute atomic E-state index is 12.0. The summed E-state index contributed by atoms with van der Waals surface area (Å²) in [6.45, 7) is 3.42. The average molecular weight is 255 g/mol. The van der Waals surface area contributed by atoms with Crippen LogP contribution in [-0.4, -0.2) is 48.9 Å². The molecule has 0 radical (unpaired) electrons. The van der Waals surface area contributed by atoms with E-state index in [4.69, 9.17) is 5.26 Å². The van der Waals surface area contributed by atoms with Gasteiger partial charge >= 0.3 is 0 Å². The van der Waals surface area contributed by atoms with Crippen molar-refractivity contribution in [2.24, 2.45) is 0 Å². The highest BCUT2D eigenvalue weighted by atomic mass is 16.2. The van der Waals surface area contributed by atoms with Crippen molar-refractivity contribution in [2.75, 3.05) is 33.2 Å². The van der Waals surface area contributed by atoms with Crippen molar-refractivity contribution in [2.45, 2.75) is 0 Å². The lowest BCUT2D eigenvalue weighted by atomic mass is 10.1. The van der Waals surface area contributed by atoms with Gasteiger partial charge in [0.05, 0.1) is 11.6 Å². The second kappa shape index (κ2) is 6.17. The van der Waals surface area contributed by atoms with E-state index in [1.54, 1.807) is 24.3 Å². The summed E-state index contributed by atoms with van der Waals surface area (Å²) in [5.41, 5.74) is 1.56. The summed E-state index contributed by atoms with van der Waals surface area (Å²) in [5.74, 6) is 0.0532. The first-order valence-electron chi connectivity index (χ1n) is 6.35. The van der Waals surface area contributed by atoms with Gasteiger partial charge in [-0.1, -0.05) is 12.1 Å². The fraction of sp³-hybridized carbons (Fsp3) is 0.333. The summed E-state index contributed by atoms with van der Waals surface area (Å²) in [6.07, 6.45) is 3.40. The quantitative estimate of drug-likeness (QED) is 0.749. The molecule has 2 rings (SSSR count). The van der Waals surface area contributed by atoms with Crippen molar-refractivity contribution in [3.63, 3.8) is 0 Å². The second-order valence-corrected chi connectivity index (χ2v) is 4.70. The Morgan fingerprint density at radius 2 is 1.84 bits per heavy atom. The van der Waals surface area contributed by atoms with E-state index >= 15 is 0 Å². The highest BCUT2D eigenvalue weighted by Crippen LogP contribution is 2.06. The topological polar surface area (TPSA) is 47.3 Å². The van der Waals surface area contributed by atoms with E-state index in [1.807, 2.05) is 17.0 Å². The zero-order chi connectivity index (χ0) is 13.7. The van der Waals surface area contributed by atoms with E-state index in [9.17, 15) is 4.79 Å². The predicted molar refractivity (Wildman–Crippen MR) is 74.3 cm³/mol. The van der Waals surface area contributed by atoms with Gasteiger partial charge in [-0.05, 0) is 30.8 Å². The van der Waals surface area contributed by atoms with E-state index in [0.717, 1.165) is 31.7 Å². The molecule has 0 saturated carbocycles. The average Bonchev–Trinajstić information content (AvgIpc) is 2.46. The van der Waals surface area contributed by atoms with Crippen LogP contribution in [0.2, 0.25) is 0 Å². The molecule has 0 bridgehead atoms. The fourth-order valence-electron chi connectivity index (χ4n) is 1.97. The molecular weight excluding hydrogens is 238 g/mol. The molecule has 1 aromatic carbocycles. The molecule has 19 heavy (non-hydrogen) atoms. The monoisotopic (exact) mass is 255 g/mol. The Labute approximate surface area is 113 Å². The van der Waals surface area contributed by atoms with Crippen molar-refractivity contribution in [1.29, 1.82) is 5.26 Å². The summed E-state index contributed by atoms with van der Waals surface area (Å²) >= 11 is 0. The Hall–Kier alpha value is -2.12. The Bertz CT molecular complexity index is 505. The molecule has 0 N–H and O–H groups in total. The summed E-state index contributed by atoms with van der Waals surface area (Å²) in [7, 11) is 2.06. The minimum atomic E-state index is 0.0532. The molecule has 0 unspecified atom stereocenters. The Morgan fingerprint density at radius 1 is 1.21 bits per heavy atom. The lowest BCUT2D eigenvalue weighted by molar-refractivity contribution is -0.127. The van der Waals surface area contributed by atoms with E-state index in [-0.39, 0.29) is 5.91 Å². The molecule has 0 aromatic heterocycles. The highest BCUT2D eigenvalue weighted by Gasteiger charge is 2.16. The van der Waals surface area contributed by atoms with Gasteiger partial charge in [-0.2, -0.15) is 5.26 Å². The number of benzene rings is 1. The van der Waals surface area contributed by atoms with Crippen molar-refractivity contribution in [3.8, 4) is 6.07 Å². The number of amides is 1. The maximum Gasteiger partial charge on any atom is 0.246 e. The van der Waals surface area contributed by atoms with Crippen molar-refractivity contribution < 1.29 is 4.79 Å². The number of hydrogen-bond acceptors (Lipinski definition) is 3. The van der Waals surface area contributed by atoms with Gasteiger partial charge in [0.2, 0.25) is 5.91 Å². The molecule has 1 aromatic rings. The predicted octanol–water partition coefficient (Wildman–Crippen LogP) is 1.35. The smallest absolute Gasteiger partial charge is 0.246 e. The van der Waals surface area contributed by atoms with Crippen LogP contribution in [0.4, 0.5) is 0 Å². The van der Waals surface area contributed by atoms with Gasteiger partial charge in [-0.15, -0.1) is 0 Å². The summed E-state index contributed by atoms with van der Waals surface area (Å²) in [5, 5.41) is 8.71. The first-order chi connectivity index (χ1) is 9.19. The molecule has 4 heteroatoms. The summed E-state index contributed by atoms with van der Waals surface area (Å²) in [6, 6.07) is 9.25. The fourth-order valence-corrected chi connectivity index (χ4v) is 1.97. The van der Waals surface area contributed by atoms with Gasteiger partial charge in [-0.25, -0.2) is 0 Å². The van der Waals surface area contributed by atoms with Crippen LogP contribution < -0.4 is 0 Å². The Balaban J connectivity index is 1.94. The first kappa shape index (κ1) is 13.3. The Morgan fingerprint density at radius 3 is 2.42 bits per heavy atom. The van der Waals surface area contributed by atoms with Crippen LogP contribution in [0.1, 0.15) is 11.1 Å². The van der Waals surface area contributed by atoms with Crippen LogP contribution >= 0.6 is 0 Å². The zero-order valence-corrected chi connectivity index (χ0v) is 11.0. The number of likely N-dealkylation sites (N-methyl/N-ethyl adjacent to an activating group) is 1. The number of nitriles is 1. The third-order valence-electron chi connectivity index (χ3n) is 3.27. The van der Waals surface area contributed by atoms with Gasteiger partial charge in [0.1, 0.15) is 0 Å². The molecule has 1 aliphatic heterocycles. The summed E-state index contributed by atoms with van der Waals surface area (Å²) < 4.78 is 0. The van der Waals surface area contributed by atoms with Crippen molar-refractivity contribution in [3.05, 3.63) is 41.5 Å². The normalized spacial score (nSPS) is 16.5. The van der Waals surface area contributed by atoms with E-state index in [2.05, 4.69) is 18.0 Å². The number of rotatable bonds is 2. The maximum atomic E-state index is 12.0. The van der Waals surface area contributed by atoms with Crippen LogP contribution in [0.5, 0.6) is 0 Å². The third-order valence-corrected chi connectivity index (χ3v) is 3.27. The second-order valence-electron chi connectivity index (χ2n) is 4.70. The zero-order valence-electron chi connectivity index (χ0n) is 11.0. The molecule has 0 aliphatic carbocycles. The summed E-state index contributed by atoms with van der Waals surface area (Å²) in [4.78, 5) is 16.0. The molecule has 1 aliphatic rings. The van der Waals surface area contributed by atoms with Gasteiger partial charge in [-0.3, -0.25) is 4.79 Å². The van der Waals surface area contributed by atoms with Crippen molar-refractivity contribution in [1.82, 2.24) is 9.80 Å². The SMILES string of the molecule is CN1CCN(C(=O)C=Cc2ccc(C#N)cc2)CC1. The largest absolute Gasteiger partial charge is 0.337 e. The highest BCUT2D eigenvalue weighted by molar-refractivity contribution is 5.91. The van der Waals surface area contributed by atoms with E-state index in [1.165, 1.54) is 0 Å². The molecule has 1 saturated heterocycles. The van der Waals surface area contributed by atoms with Crippen LogP contribution in [0, 0.1) is 11.3 Å². The lowest BCUT2D eigenvalue weighted by Gasteiger charge is -2.31. The van der Waals surface area contributed by atoms with E-state index in [0.29, 0.717) is 5.56 Å². The lowest BCUT2D eigenvalue weighted by Crippen LogP contribution is -2.46. The van der Waals surface area contributed by atoms with E-state index < -0.39 is 0 Å². The standard InChI is InChI=1S/C15H17N3O/c1-17-8-10-18(11-9-17)15(19)7-6-13-2-4-14(12-16)5-3-13/h2-7H,8-11H2,1H3. The molecule has 0 atom stereocenters. The van der Waals surface area contributed by atoms with Gasteiger partial charge in [0.15, 0.2) is 0 Å². The Kier molecular flexibility index (Phi) is 4.32. The number of carbonyl (C=O) groups excluding carboxylic acids is 1. The minimum Gasteiger partial charge on any atom is -0.337 e. The molecule has 1 fully saturated rings. The van der Waals surface area contributed by atoms with Crippen LogP contribution in [0.3, 0.4) is 0 Å². The minimum absolute atomic E-state index is 0.0532. The molecule has 0 spiro atoms. The molecule has 98 valence electrons. The molecule has 4 nitrogen and oxygen atoms in total. The van der Waals surface area contributed by atoms with Crippen LogP contribution in [0.25, 0.3) is 6.08 Å². The van der Waals surface area contributed by atoms with Gasteiger partial charge in [0.25, 0.3) is 0 Å². The number of nitrogens with zero attached hydrogens (tertiary/aromatic N) is 3. The number of carbonyl (C=O) groups is 1. The van der Waals surface area contributed by atoms with Crippen LogP contribution in [0.15, 0.2) is 30.3 Å². The third kappa shape index (κ3) is 3.67. The molecule has 1 heterocycles. The van der Waals surface area contributed by atoms with Crippen molar-refractivity contribution >= 4 is 12.0 Å². The number of piperazine rings is 1. The number of hydrogen-bond donors (Lipinski definition) is 0. The molecular formula is C15H17N3O. The van der Waals surface area contributed by atoms with Gasteiger partial charge < -0.3 is 9.80 Å². The first-order valence-corrected chi connectivity index (χ1v) is 6.35.